The molecule has 0 aliphatic heterocycles. The van der Waals surface area contributed by atoms with Crippen LogP contribution in [0.1, 0.15) is 19.8 Å². The summed E-state index contributed by atoms with van der Waals surface area (Å²) in [5.74, 6) is 0.250. The van der Waals surface area contributed by atoms with Gasteiger partial charge in [0.2, 0.25) is 10.0 Å². The van der Waals surface area contributed by atoms with E-state index in [4.69, 9.17) is 0 Å². The first-order chi connectivity index (χ1) is 4.12. The Labute approximate surface area is 84.9 Å². The molecule has 0 aromatic carbocycles. The molecule has 0 saturated carbocycles. The molecular weight excluding hydrogens is 161 g/mol. The monoisotopic (exact) mass is 174 g/mol. The van der Waals surface area contributed by atoms with Crippen molar-refractivity contribution in [1.29, 1.82) is 0 Å². The number of sulfonamides is 1. The van der Waals surface area contributed by atoms with E-state index in [0.717, 1.165) is 12.8 Å². The molecule has 0 aliphatic carbocycles. The van der Waals surface area contributed by atoms with Gasteiger partial charge in [-0.1, -0.05) is 13.3 Å². The van der Waals surface area contributed by atoms with Crippen LogP contribution < -0.4 is 4.72 Å². The number of nitrogens with one attached hydrogen (secondary N) is 1. The quantitative estimate of drug-likeness (QED) is 0.608. The fourth-order valence-corrected chi connectivity index (χ4v) is 1.31. The second-order valence-electron chi connectivity index (χ2n) is 1.88. The van der Waals surface area contributed by atoms with Gasteiger partial charge >= 0.3 is 0 Å². The molecule has 0 unspecified atom stereocenters. The van der Waals surface area contributed by atoms with E-state index in [-0.39, 0.29) is 35.3 Å². The van der Waals surface area contributed by atoms with Crippen LogP contribution in [0.4, 0.5) is 0 Å². The zero-order valence-electron chi connectivity index (χ0n) is 6.85. The minimum atomic E-state index is -2.93. The number of hydrogen-bond acceptors (Lipinski definition) is 2. The number of unbranched alkanes of at least 4 members (excludes halogenated alkanes) is 1. The van der Waals surface area contributed by atoms with Crippen LogP contribution in [-0.2, 0) is 10.0 Å². The van der Waals surface area contributed by atoms with Crippen LogP contribution in [-0.4, -0.2) is 50.8 Å². The predicted molar refractivity (Wildman–Crippen MR) is 43.5 cm³/mol. The van der Waals surface area contributed by atoms with Crippen LogP contribution in [0.3, 0.4) is 0 Å². The SMILES string of the molecule is CCCCS(=O)(=O)NC.[Na]. The van der Waals surface area contributed by atoms with Crippen LogP contribution in [0.5, 0.6) is 0 Å². The molecule has 0 aromatic heterocycles. The van der Waals surface area contributed by atoms with Crippen molar-refractivity contribution in [1.82, 2.24) is 4.72 Å². The van der Waals surface area contributed by atoms with Gasteiger partial charge in [-0.15, -0.1) is 0 Å². The molecule has 0 bridgehead atoms. The van der Waals surface area contributed by atoms with E-state index in [2.05, 4.69) is 4.72 Å². The van der Waals surface area contributed by atoms with Crippen molar-refractivity contribution < 1.29 is 8.42 Å². The topological polar surface area (TPSA) is 46.2 Å². The van der Waals surface area contributed by atoms with Gasteiger partial charge in [-0.2, -0.15) is 0 Å². The molecule has 0 saturated heterocycles. The summed E-state index contributed by atoms with van der Waals surface area (Å²) in [5, 5.41) is 0. The van der Waals surface area contributed by atoms with Gasteiger partial charge in [0.05, 0.1) is 5.75 Å². The standard InChI is InChI=1S/C5H13NO2S.Na/c1-3-4-5-9(7,8)6-2;/h6H,3-5H2,1-2H3;. The van der Waals surface area contributed by atoms with Crippen LogP contribution >= 0.6 is 0 Å². The van der Waals surface area contributed by atoms with Gasteiger partial charge in [-0.25, -0.2) is 13.1 Å². The first kappa shape index (κ1) is 13.5. The predicted octanol–water partition coefficient (Wildman–Crippen LogP) is -0.0451. The van der Waals surface area contributed by atoms with Crippen LogP contribution in [0.25, 0.3) is 0 Å². The van der Waals surface area contributed by atoms with Gasteiger partial charge in [-0.05, 0) is 13.5 Å². The van der Waals surface area contributed by atoms with Crippen molar-refractivity contribution in [3.63, 3.8) is 0 Å². The van der Waals surface area contributed by atoms with Gasteiger partial charge in [0.1, 0.15) is 0 Å². The largest absolute Gasteiger partial charge is 0.218 e. The molecule has 0 fully saturated rings. The van der Waals surface area contributed by atoms with Gasteiger partial charge in [0, 0.05) is 29.6 Å². The zero-order valence-corrected chi connectivity index (χ0v) is 9.66. The third kappa shape index (κ3) is 7.02. The van der Waals surface area contributed by atoms with E-state index in [1.165, 1.54) is 7.05 Å². The second kappa shape index (κ2) is 6.61. The summed E-state index contributed by atoms with van der Waals surface area (Å²) in [6, 6.07) is 0. The minimum Gasteiger partial charge on any atom is -0.218 e. The van der Waals surface area contributed by atoms with E-state index in [0.29, 0.717) is 0 Å². The molecule has 10 heavy (non-hydrogen) atoms. The first-order valence-electron chi connectivity index (χ1n) is 3.03. The summed E-state index contributed by atoms with van der Waals surface area (Å²) in [7, 11) is -1.50. The molecule has 1 N–H and O–H groups in total. The van der Waals surface area contributed by atoms with Crippen molar-refractivity contribution >= 4 is 39.6 Å². The molecular formula is C5H13NNaO2S. The summed E-state index contributed by atoms with van der Waals surface area (Å²) >= 11 is 0. The first-order valence-corrected chi connectivity index (χ1v) is 4.69. The normalized spacial score (nSPS) is 10.6. The molecule has 0 rings (SSSR count). The van der Waals surface area contributed by atoms with Crippen molar-refractivity contribution in [3.05, 3.63) is 0 Å². The second-order valence-corrected chi connectivity index (χ2v) is 3.92. The maximum absolute atomic E-state index is 10.6. The molecule has 1 radical (unpaired) electrons. The van der Waals surface area contributed by atoms with Gasteiger partial charge < -0.3 is 0 Å². The minimum absolute atomic E-state index is 0. The Morgan fingerprint density at radius 3 is 2.20 bits per heavy atom. The maximum Gasteiger partial charge on any atom is 0.211 e. The molecule has 0 spiro atoms. The van der Waals surface area contributed by atoms with E-state index >= 15 is 0 Å². The summed E-state index contributed by atoms with van der Waals surface area (Å²) in [5.41, 5.74) is 0. The van der Waals surface area contributed by atoms with Crippen molar-refractivity contribution in [2.45, 2.75) is 19.8 Å². The van der Waals surface area contributed by atoms with Crippen molar-refractivity contribution in [2.75, 3.05) is 12.8 Å². The number of rotatable bonds is 4. The van der Waals surface area contributed by atoms with E-state index < -0.39 is 10.0 Å². The summed E-state index contributed by atoms with van der Waals surface area (Å²) < 4.78 is 23.5. The molecule has 0 heterocycles. The molecule has 3 nitrogen and oxygen atoms in total. The van der Waals surface area contributed by atoms with E-state index in [1.54, 1.807) is 0 Å². The molecule has 0 aliphatic rings. The maximum atomic E-state index is 10.6. The van der Waals surface area contributed by atoms with Crippen molar-refractivity contribution in [2.24, 2.45) is 0 Å². The third-order valence-electron chi connectivity index (χ3n) is 1.08. The zero-order chi connectivity index (χ0) is 7.33. The Kier molecular flexibility index (Phi) is 8.92. The summed E-state index contributed by atoms with van der Waals surface area (Å²) in [6.07, 6.45) is 1.66. The van der Waals surface area contributed by atoms with Crippen LogP contribution in [0, 0.1) is 0 Å². The molecule has 0 aromatic rings. The van der Waals surface area contributed by atoms with E-state index in [1.807, 2.05) is 6.92 Å². The molecule has 0 amide bonds. The summed E-state index contributed by atoms with van der Waals surface area (Å²) in [4.78, 5) is 0. The van der Waals surface area contributed by atoms with Crippen LogP contribution in [0.15, 0.2) is 0 Å². The number of hydrogen-bond donors (Lipinski definition) is 1. The Morgan fingerprint density at radius 1 is 1.40 bits per heavy atom. The van der Waals surface area contributed by atoms with Gasteiger partial charge in [-0.3, -0.25) is 0 Å². The fourth-order valence-electron chi connectivity index (χ4n) is 0.436. The van der Waals surface area contributed by atoms with Gasteiger partial charge in [0.15, 0.2) is 0 Å². The Hall–Kier alpha value is 0.910. The average molecular weight is 174 g/mol. The van der Waals surface area contributed by atoms with Gasteiger partial charge in [0.25, 0.3) is 0 Å². The Bertz CT molecular complexity index is 155. The Morgan fingerprint density at radius 2 is 1.90 bits per heavy atom. The molecule has 5 heteroatoms. The fraction of sp³-hybridized carbons (Fsp3) is 1.00. The third-order valence-corrected chi connectivity index (χ3v) is 2.53. The summed E-state index contributed by atoms with van der Waals surface area (Å²) in [6.45, 7) is 1.96. The molecule has 57 valence electrons. The van der Waals surface area contributed by atoms with Crippen LogP contribution in [0.2, 0.25) is 0 Å². The smallest absolute Gasteiger partial charge is 0.211 e. The van der Waals surface area contributed by atoms with Crippen molar-refractivity contribution in [3.8, 4) is 0 Å². The van der Waals surface area contributed by atoms with E-state index in [9.17, 15) is 8.42 Å². The molecule has 0 atom stereocenters. The Balaban J connectivity index is 0. The average Bonchev–Trinajstić information content (AvgIpc) is 1.84.